The van der Waals surface area contributed by atoms with Crippen LogP contribution in [0.15, 0.2) is 59.5 Å². The van der Waals surface area contributed by atoms with Gasteiger partial charge in [-0.15, -0.1) is 0 Å². The molecule has 2 aromatic carbocycles. The second kappa shape index (κ2) is 7.72. The van der Waals surface area contributed by atoms with Crippen LogP contribution in [-0.4, -0.2) is 56.7 Å². The maximum absolute atomic E-state index is 10.7. The molecule has 5 N–H and O–H groups in total. The van der Waals surface area contributed by atoms with E-state index >= 15 is 0 Å². The summed E-state index contributed by atoms with van der Waals surface area (Å²) in [7, 11) is -2.82. The molecule has 0 spiro atoms. The van der Waals surface area contributed by atoms with Crippen LogP contribution in [0.3, 0.4) is 0 Å². The molecule has 0 bridgehead atoms. The number of pyridine rings is 1. The normalized spacial score (nSPS) is 24.3. The lowest BCUT2D eigenvalue weighted by Gasteiger charge is -2.32. The number of anilines is 2. The lowest BCUT2D eigenvalue weighted by Crippen LogP contribution is -2.32. The van der Waals surface area contributed by atoms with E-state index in [4.69, 9.17) is 4.98 Å². The number of nitrogens with zero attached hydrogens (tertiary/aromatic N) is 2. The van der Waals surface area contributed by atoms with Crippen LogP contribution in [0.25, 0.3) is 10.9 Å². The predicted molar refractivity (Wildman–Crippen MR) is 122 cm³/mol. The molecule has 0 radical (unpaired) electrons. The van der Waals surface area contributed by atoms with Gasteiger partial charge in [0.15, 0.2) is 0 Å². The van der Waals surface area contributed by atoms with Crippen molar-refractivity contribution in [3.8, 4) is 0 Å². The fourth-order valence-corrected chi connectivity index (χ4v) is 5.78. The third-order valence-corrected chi connectivity index (χ3v) is 7.74. The van der Waals surface area contributed by atoms with Crippen LogP contribution in [0.4, 0.5) is 11.5 Å². The Balaban J connectivity index is 1.54. The fraction of sp³-hybridized carbons (Fsp3) is 0.318. The van der Waals surface area contributed by atoms with Gasteiger partial charge in [0.05, 0.1) is 28.3 Å². The minimum Gasteiger partial charge on any atom is -0.390 e. The molecule has 30 heavy (non-hydrogen) atoms. The van der Waals surface area contributed by atoms with Gasteiger partial charge < -0.3 is 20.6 Å². The van der Waals surface area contributed by atoms with E-state index in [1.165, 1.54) is 0 Å². The molecule has 1 saturated heterocycles. The lowest BCUT2D eigenvalue weighted by molar-refractivity contribution is 0.185. The molecule has 2 aliphatic rings. The molecule has 2 aliphatic heterocycles. The Bertz CT molecular complexity index is 1080. The summed E-state index contributed by atoms with van der Waals surface area (Å²) < 4.78 is 21.3. The van der Waals surface area contributed by atoms with Crippen LogP contribution in [0.2, 0.25) is 0 Å². The van der Waals surface area contributed by atoms with Gasteiger partial charge in [0, 0.05) is 43.3 Å². The van der Waals surface area contributed by atoms with Crippen LogP contribution >= 0.6 is 10.6 Å². The number of rotatable bonds is 3. The molecule has 3 aromatic rings. The molecule has 3 heterocycles. The Kier molecular flexibility index (Phi) is 5.04. The average molecular weight is 427 g/mol. The number of aliphatic hydroxyl groups excluding tert-OH is 1. The molecule has 158 valence electrons. The SMILES string of the molecule is O[C@H]1CNC[C@@H]1Nc1cc(N2CCS(O)(O)c3ccccc3C2)nc2ccccc12. The van der Waals surface area contributed by atoms with E-state index in [1.807, 2.05) is 54.6 Å². The first kappa shape index (κ1) is 19.6. The van der Waals surface area contributed by atoms with Gasteiger partial charge >= 0.3 is 0 Å². The first-order chi connectivity index (χ1) is 14.5. The quantitative estimate of drug-likeness (QED) is 0.439. The largest absolute Gasteiger partial charge is 0.390 e. The molecule has 5 rings (SSSR count). The maximum Gasteiger partial charge on any atom is 0.131 e. The van der Waals surface area contributed by atoms with Crippen LogP contribution in [-0.2, 0) is 6.54 Å². The molecule has 1 aromatic heterocycles. The van der Waals surface area contributed by atoms with Gasteiger partial charge in [-0.25, -0.2) is 4.98 Å². The van der Waals surface area contributed by atoms with E-state index in [2.05, 4.69) is 15.5 Å². The summed E-state index contributed by atoms with van der Waals surface area (Å²) in [4.78, 5) is 7.60. The highest BCUT2D eigenvalue weighted by Gasteiger charge is 2.28. The van der Waals surface area contributed by atoms with Gasteiger partial charge in [0.2, 0.25) is 0 Å². The zero-order valence-corrected chi connectivity index (χ0v) is 17.3. The number of hydrogen-bond acceptors (Lipinski definition) is 7. The van der Waals surface area contributed by atoms with Crippen molar-refractivity contribution >= 4 is 33.0 Å². The minimum atomic E-state index is -2.82. The number of aliphatic hydroxyl groups is 1. The second-order valence-electron chi connectivity index (χ2n) is 7.92. The van der Waals surface area contributed by atoms with Crippen molar-refractivity contribution in [2.24, 2.45) is 0 Å². The van der Waals surface area contributed by atoms with Crippen LogP contribution in [0.1, 0.15) is 5.56 Å². The van der Waals surface area contributed by atoms with E-state index in [0.717, 1.165) is 28.0 Å². The highest BCUT2D eigenvalue weighted by atomic mass is 32.3. The van der Waals surface area contributed by atoms with Crippen molar-refractivity contribution in [3.63, 3.8) is 0 Å². The molecule has 7 nitrogen and oxygen atoms in total. The minimum absolute atomic E-state index is 0.0690. The van der Waals surface area contributed by atoms with Gasteiger partial charge in [-0.1, -0.05) is 36.4 Å². The van der Waals surface area contributed by atoms with Crippen molar-refractivity contribution < 1.29 is 14.2 Å². The smallest absolute Gasteiger partial charge is 0.131 e. The van der Waals surface area contributed by atoms with Gasteiger partial charge in [0.1, 0.15) is 5.82 Å². The fourth-order valence-electron chi connectivity index (χ4n) is 4.24. The molecule has 2 atom stereocenters. The standard InChI is InChI=1S/C22H26N4O3S/c27-20-13-23-12-19(20)24-18-11-22(25-17-7-3-2-6-16(17)18)26-9-10-30(28,29)21-8-4-1-5-15(21)14-26/h1-8,11,19-20,23,27-29H,9-10,12-14H2,(H,24,25)/t19-,20-/m0/s1. The Labute approximate surface area is 177 Å². The van der Waals surface area contributed by atoms with Crippen molar-refractivity contribution in [2.45, 2.75) is 23.6 Å². The third kappa shape index (κ3) is 3.61. The summed E-state index contributed by atoms with van der Waals surface area (Å²) in [6, 6.07) is 17.4. The van der Waals surface area contributed by atoms with E-state index in [9.17, 15) is 14.2 Å². The van der Waals surface area contributed by atoms with Crippen molar-refractivity contribution in [2.75, 3.05) is 35.6 Å². The summed E-state index contributed by atoms with van der Waals surface area (Å²) in [5.74, 6) is 1.05. The maximum atomic E-state index is 10.7. The van der Waals surface area contributed by atoms with E-state index in [-0.39, 0.29) is 11.8 Å². The van der Waals surface area contributed by atoms with Gasteiger partial charge in [-0.3, -0.25) is 9.11 Å². The lowest BCUT2D eigenvalue weighted by atomic mass is 10.1. The first-order valence-corrected chi connectivity index (χ1v) is 11.9. The van der Waals surface area contributed by atoms with Gasteiger partial charge in [0.25, 0.3) is 0 Å². The average Bonchev–Trinajstić information content (AvgIpc) is 3.09. The number of para-hydroxylation sites is 1. The summed E-state index contributed by atoms with van der Waals surface area (Å²) in [5.41, 5.74) is 2.70. The number of nitrogens with one attached hydrogen (secondary N) is 2. The van der Waals surface area contributed by atoms with Crippen molar-refractivity contribution in [3.05, 3.63) is 60.2 Å². The highest BCUT2D eigenvalue weighted by molar-refractivity contribution is 8.24. The molecular formula is C22H26N4O3S. The number of fused-ring (bicyclic) bond motifs is 2. The number of benzene rings is 2. The van der Waals surface area contributed by atoms with Gasteiger partial charge in [-0.2, -0.15) is 10.6 Å². The predicted octanol–water partition coefficient (Wildman–Crippen LogP) is 3.11. The molecule has 8 heteroatoms. The molecule has 0 saturated carbocycles. The Hall–Kier alpha value is -2.36. The van der Waals surface area contributed by atoms with Crippen LogP contribution in [0.5, 0.6) is 0 Å². The number of aromatic nitrogens is 1. The molecular weight excluding hydrogens is 400 g/mol. The third-order valence-electron chi connectivity index (χ3n) is 5.88. The van der Waals surface area contributed by atoms with Crippen molar-refractivity contribution in [1.29, 1.82) is 0 Å². The summed E-state index contributed by atoms with van der Waals surface area (Å²) in [5, 5.41) is 17.9. The zero-order chi connectivity index (χ0) is 20.7. The van der Waals surface area contributed by atoms with Crippen LogP contribution < -0.4 is 15.5 Å². The molecule has 0 amide bonds. The van der Waals surface area contributed by atoms with E-state index in [0.29, 0.717) is 31.1 Å². The monoisotopic (exact) mass is 426 g/mol. The highest BCUT2D eigenvalue weighted by Crippen LogP contribution is 2.51. The summed E-state index contributed by atoms with van der Waals surface area (Å²) >= 11 is 0. The second-order valence-corrected chi connectivity index (χ2v) is 10.1. The van der Waals surface area contributed by atoms with Gasteiger partial charge in [-0.05, 0) is 17.7 Å². The Morgan fingerprint density at radius 3 is 2.70 bits per heavy atom. The Morgan fingerprint density at radius 1 is 1.07 bits per heavy atom. The Morgan fingerprint density at radius 2 is 1.87 bits per heavy atom. The molecule has 0 unspecified atom stereocenters. The zero-order valence-electron chi connectivity index (χ0n) is 16.5. The van der Waals surface area contributed by atoms with E-state index < -0.39 is 16.7 Å². The summed E-state index contributed by atoms with van der Waals surface area (Å²) in [6.07, 6.45) is -0.446. The molecule has 1 fully saturated rings. The topological polar surface area (TPSA) is 101 Å². The number of hydrogen-bond donors (Lipinski definition) is 5. The van der Waals surface area contributed by atoms with Crippen molar-refractivity contribution in [1.82, 2.24) is 10.3 Å². The molecule has 0 aliphatic carbocycles. The number of β-amino-alcohol motifs (C(OH)–C–C–N with tert-alkyl or cyclic N) is 1. The van der Waals surface area contributed by atoms with E-state index in [1.54, 1.807) is 0 Å². The first-order valence-electron chi connectivity index (χ1n) is 10.2. The van der Waals surface area contributed by atoms with Crippen LogP contribution in [0, 0.1) is 0 Å². The summed E-state index contributed by atoms with van der Waals surface area (Å²) in [6.45, 7) is 2.33.